The third-order valence-electron chi connectivity index (χ3n) is 4.88. The van der Waals surface area contributed by atoms with Gasteiger partial charge in [0.1, 0.15) is 5.82 Å². The summed E-state index contributed by atoms with van der Waals surface area (Å²) in [4.78, 5) is 14.2. The number of carbonyl (C=O) groups is 1. The number of carbonyl (C=O) groups excluding carboxylic acids is 1. The van der Waals surface area contributed by atoms with Gasteiger partial charge in [0.05, 0.1) is 10.1 Å². The molecule has 1 aromatic rings. The highest BCUT2D eigenvalue weighted by Crippen LogP contribution is 2.27. The topological polar surface area (TPSA) is 66.5 Å². The monoisotopic (exact) mass is 376 g/mol. The van der Waals surface area contributed by atoms with Gasteiger partial charge < -0.3 is 10.2 Å². The third-order valence-corrected chi connectivity index (χ3v) is 7.03. The zero-order chi connectivity index (χ0) is 16.6. The second-order valence-electron chi connectivity index (χ2n) is 6.49. The average molecular weight is 377 g/mol. The molecular weight excluding hydrogens is 355 g/mol. The molecule has 0 spiro atoms. The van der Waals surface area contributed by atoms with Crippen molar-refractivity contribution in [1.29, 1.82) is 0 Å². The summed E-state index contributed by atoms with van der Waals surface area (Å²) in [6.07, 6.45) is -0.0351. The summed E-state index contributed by atoms with van der Waals surface area (Å²) in [5.74, 6) is 0.383. The fraction of sp³-hybridized carbons (Fsp3) is 0.562. The lowest BCUT2D eigenvalue weighted by Gasteiger charge is -2.20. The van der Waals surface area contributed by atoms with Gasteiger partial charge in [-0.1, -0.05) is 0 Å². The molecule has 3 atom stereocenters. The van der Waals surface area contributed by atoms with E-state index in [1.807, 2.05) is 0 Å². The van der Waals surface area contributed by atoms with Gasteiger partial charge in [0.15, 0.2) is 9.84 Å². The van der Waals surface area contributed by atoms with Crippen molar-refractivity contribution in [2.75, 3.05) is 26.2 Å². The molecule has 1 amide bonds. The maximum absolute atomic E-state index is 12.9. The van der Waals surface area contributed by atoms with E-state index in [-0.39, 0.29) is 29.6 Å². The van der Waals surface area contributed by atoms with Gasteiger partial charge in [-0.15, -0.1) is 12.4 Å². The second-order valence-corrected chi connectivity index (χ2v) is 8.86. The summed E-state index contributed by atoms with van der Waals surface area (Å²) < 4.78 is 37.9. The lowest BCUT2D eigenvalue weighted by Crippen LogP contribution is -2.35. The molecule has 1 N–H and O–H groups in total. The number of fused-ring (bicyclic) bond motifs is 1. The number of likely N-dealkylation sites (tertiary alicyclic amines) is 1. The van der Waals surface area contributed by atoms with Crippen LogP contribution in [0.15, 0.2) is 29.2 Å². The molecule has 0 bridgehead atoms. The Morgan fingerprint density at radius 3 is 2.33 bits per heavy atom. The standard InChI is InChI=1S/C16H21FN2O3S.ClH/c1-11(23(21,22)15-4-2-14(17)3-5-15)6-16(20)19-9-12-7-18-8-13(12)10-19;/h2-5,11-13,18H,6-10H2,1H3;1H/t11?,12-,13+;. The Labute approximate surface area is 147 Å². The van der Waals surface area contributed by atoms with Gasteiger partial charge in [-0.05, 0) is 43.0 Å². The average Bonchev–Trinajstić information content (AvgIpc) is 3.08. The summed E-state index contributed by atoms with van der Waals surface area (Å²) in [5, 5.41) is 2.49. The van der Waals surface area contributed by atoms with Crippen molar-refractivity contribution in [3.8, 4) is 0 Å². The van der Waals surface area contributed by atoms with Crippen LogP contribution in [0, 0.1) is 17.7 Å². The number of halogens is 2. The number of nitrogens with one attached hydrogen (secondary N) is 1. The molecule has 0 aliphatic carbocycles. The van der Waals surface area contributed by atoms with E-state index >= 15 is 0 Å². The molecule has 134 valence electrons. The van der Waals surface area contributed by atoms with Gasteiger partial charge in [-0.2, -0.15) is 0 Å². The van der Waals surface area contributed by atoms with E-state index in [4.69, 9.17) is 0 Å². The Bertz CT molecular complexity index is 684. The lowest BCUT2D eigenvalue weighted by molar-refractivity contribution is -0.130. The number of hydrogen-bond acceptors (Lipinski definition) is 4. The number of rotatable bonds is 4. The molecule has 2 heterocycles. The van der Waals surface area contributed by atoms with Crippen LogP contribution in [0.25, 0.3) is 0 Å². The maximum atomic E-state index is 12.9. The summed E-state index contributed by atoms with van der Waals surface area (Å²) in [5.41, 5.74) is 0. The fourth-order valence-corrected chi connectivity index (χ4v) is 4.74. The Hall–Kier alpha value is -1.18. The molecule has 1 aromatic carbocycles. The molecule has 2 saturated heterocycles. The number of nitrogens with zero attached hydrogens (tertiary/aromatic N) is 1. The Balaban J connectivity index is 0.00000208. The summed E-state index contributed by atoms with van der Waals surface area (Å²) >= 11 is 0. The van der Waals surface area contributed by atoms with E-state index in [1.165, 1.54) is 19.1 Å². The van der Waals surface area contributed by atoms with Gasteiger partial charge in [-0.25, -0.2) is 12.8 Å². The van der Waals surface area contributed by atoms with Gasteiger partial charge in [0, 0.05) is 32.6 Å². The van der Waals surface area contributed by atoms with E-state index < -0.39 is 20.9 Å². The van der Waals surface area contributed by atoms with Crippen molar-refractivity contribution >= 4 is 28.2 Å². The van der Waals surface area contributed by atoms with Crippen LogP contribution < -0.4 is 5.32 Å². The first-order valence-electron chi connectivity index (χ1n) is 7.86. The van der Waals surface area contributed by atoms with Crippen LogP contribution in [0.2, 0.25) is 0 Å². The van der Waals surface area contributed by atoms with Crippen molar-refractivity contribution in [2.45, 2.75) is 23.5 Å². The molecule has 0 saturated carbocycles. The molecule has 24 heavy (non-hydrogen) atoms. The second kappa shape index (κ2) is 7.37. The predicted octanol–water partition coefficient (Wildman–Crippen LogP) is 1.48. The van der Waals surface area contributed by atoms with Crippen molar-refractivity contribution in [3.05, 3.63) is 30.1 Å². The van der Waals surface area contributed by atoms with Crippen LogP contribution in [0.3, 0.4) is 0 Å². The maximum Gasteiger partial charge on any atom is 0.223 e. The highest BCUT2D eigenvalue weighted by molar-refractivity contribution is 7.92. The van der Waals surface area contributed by atoms with Gasteiger partial charge in [0.2, 0.25) is 5.91 Å². The minimum absolute atomic E-state index is 0. The van der Waals surface area contributed by atoms with Crippen molar-refractivity contribution in [1.82, 2.24) is 10.2 Å². The molecule has 2 aliphatic heterocycles. The smallest absolute Gasteiger partial charge is 0.223 e. The summed E-state index contributed by atoms with van der Waals surface area (Å²) in [6, 6.07) is 4.74. The molecule has 3 rings (SSSR count). The molecule has 0 aromatic heterocycles. The molecule has 0 radical (unpaired) electrons. The van der Waals surface area contributed by atoms with Gasteiger partial charge in [-0.3, -0.25) is 4.79 Å². The van der Waals surface area contributed by atoms with Crippen LogP contribution >= 0.6 is 12.4 Å². The van der Waals surface area contributed by atoms with Crippen LogP contribution in [-0.2, 0) is 14.6 Å². The quantitative estimate of drug-likeness (QED) is 0.808. The first-order valence-corrected chi connectivity index (χ1v) is 9.40. The zero-order valence-electron chi connectivity index (χ0n) is 13.4. The summed E-state index contributed by atoms with van der Waals surface area (Å²) in [7, 11) is -3.63. The highest BCUT2D eigenvalue weighted by Gasteiger charge is 2.39. The number of benzene rings is 1. The first-order chi connectivity index (χ1) is 10.9. The van der Waals surface area contributed by atoms with Crippen LogP contribution in [-0.4, -0.2) is 50.7 Å². The zero-order valence-corrected chi connectivity index (χ0v) is 15.1. The molecule has 2 fully saturated rings. The molecule has 2 aliphatic rings. The van der Waals surface area contributed by atoms with E-state index in [0.717, 1.165) is 25.2 Å². The first kappa shape index (κ1) is 19.1. The molecule has 8 heteroatoms. The van der Waals surface area contributed by atoms with E-state index in [9.17, 15) is 17.6 Å². The van der Waals surface area contributed by atoms with Gasteiger partial charge >= 0.3 is 0 Å². The van der Waals surface area contributed by atoms with Crippen molar-refractivity contribution < 1.29 is 17.6 Å². The van der Waals surface area contributed by atoms with Crippen LogP contribution in [0.1, 0.15) is 13.3 Å². The predicted molar refractivity (Wildman–Crippen MR) is 91.3 cm³/mol. The normalized spacial score (nSPS) is 24.3. The molecule has 5 nitrogen and oxygen atoms in total. The Kier molecular flexibility index (Phi) is 5.88. The Morgan fingerprint density at radius 1 is 1.25 bits per heavy atom. The fourth-order valence-electron chi connectivity index (χ4n) is 3.40. The minimum Gasteiger partial charge on any atom is -0.342 e. The largest absolute Gasteiger partial charge is 0.342 e. The van der Waals surface area contributed by atoms with E-state index in [1.54, 1.807) is 4.90 Å². The highest BCUT2D eigenvalue weighted by atomic mass is 35.5. The van der Waals surface area contributed by atoms with Crippen molar-refractivity contribution in [3.63, 3.8) is 0 Å². The number of sulfone groups is 1. The van der Waals surface area contributed by atoms with E-state index in [2.05, 4.69) is 5.32 Å². The Morgan fingerprint density at radius 2 is 1.79 bits per heavy atom. The third kappa shape index (κ3) is 3.73. The lowest BCUT2D eigenvalue weighted by atomic mass is 10.0. The SMILES string of the molecule is CC(CC(=O)N1C[C@H]2CNC[C@H]2C1)S(=O)(=O)c1ccc(F)cc1.Cl. The van der Waals surface area contributed by atoms with E-state index in [0.29, 0.717) is 24.9 Å². The minimum atomic E-state index is -3.63. The van der Waals surface area contributed by atoms with Crippen LogP contribution in [0.5, 0.6) is 0 Å². The van der Waals surface area contributed by atoms with Crippen molar-refractivity contribution in [2.24, 2.45) is 11.8 Å². The number of hydrogen-bond donors (Lipinski definition) is 1. The summed E-state index contributed by atoms with van der Waals surface area (Å²) in [6.45, 7) is 4.81. The molecular formula is C16H22ClFN2O3S. The van der Waals surface area contributed by atoms with Gasteiger partial charge in [0.25, 0.3) is 0 Å². The number of amides is 1. The molecule has 1 unspecified atom stereocenters. The van der Waals surface area contributed by atoms with Crippen LogP contribution in [0.4, 0.5) is 4.39 Å².